The van der Waals surface area contributed by atoms with Crippen LogP contribution in [0.2, 0.25) is 0 Å². The first-order chi connectivity index (χ1) is 28.6. The average molecular weight is 885 g/mol. The van der Waals surface area contributed by atoms with Crippen LogP contribution in [0.4, 0.5) is 40.3 Å². The van der Waals surface area contributed by atoms with Crippen LogP contribution in [0.1, 0.15) is 78.0 Å². The zero-order chi connectivity index (χ0) is 44.4. The second kappa shape index (κ2) is 17.9. The minimum Gasteiger partial charge on any atom is -0.397 e. The van der Waals surface area contributed by atoms with Gasteiger partial charge in [-0.15, -0.1) is 0 Å². The lowest BCUT2D eigenvalue weighted by Gasteiger charge is -2.30. The molecule has 61 heavy (non-hydrogen) atoms. The minimum atomic E-state index is -3.70. The van der Waals surface area contributed by atoms with Gasteiger partial charge in [-0.3, -0.25) is 8.61 Å². The fraction of sp³-hybridized carbons (Fsp3) is 0.444. The van der Waals surface area contributed by atoms with Crippen molar-refractivity contribution in [1.29, 1.82) is 0 Å². The second-order valence-corrected chi connectivity index (χ2v) is 21.2. The molecule has 0 bridgehead atoms. The predicted molar refractivity (Wildman–Crippen MR) is 236 cm³/mol. The molecular formula is C45H56F4N6O4S2. The Kier molecular flexibility index (Phi) is 13.4. The zero-order valence-electron chi connectivity index (χ0n) is 35.3. The summed E-state index contributed by atoms with van der Waals surface area (Å²) in [7, 11) is -4.36. The van der Waals surface area contributed by atoms with Gasteiger partial charge in [-0.25, -0.2) is 39.4 Å². The molecule has 3 N–H and O–H groups in total. The molecule has 2 aliphatic rings. The maximum atomic E-state index is 13.6. The Morgan fingerprint density at radius 2 is 1.16 bits per heavy atom. The van der Waals surface area contributed by atoms with Gasteiger partial charge < -0.3 is 15.6 Å². The molecule has 1 aromatic heterocycles. The van der Waals surface area contributed by atoms with Crippen molar-refractivity contribution in [1.82, 2.24) is 9.55 Å². The summed E-state index contributed by atoms with van der Waals surface area (Å²) in [6.07, 6.45) is 1.67. The van der Waals surface area contributed by atoms with Gasteiger partial charge in [0.15, 0.2) is 0 Å². The summed E-state index contributed by atoms with van der Waals surface area (Å²) in [6, 6.07) is 26.9. The third kappa shape index (κ3) is 10.8. The van der Waals surface area contributed by atoms with Gasteiger partial charge >= 0.3 is 0 Å². The van der Waals surface area contributed by atoms with Crippen molar-refractivity contribution < 1.29 is 34.4 Å². The Balaban J connectivity index is 0.000000207. The highest BCUT2D eigenvalue weighted by molar-refractivity contribution is 7.93. The first-order valence-electron chi connectivity index (χ1n) is 20.6. The number of hydrogen-bond donors (Lipinski definition) is 2. The van der Waals surface area contributed by atoms with Gasteiger partial charge in [0, 0.05) is 58.3 Å². The van der Waals surface area contributed by atoms with Gasteiger partial charge in [0.25, 0.3) is 20.0 Å². The Bertz CT molecular complexity index is 2490. The van der Waals surface area contributed by atoms with Crippen molar-refractivity contribution in [3.8, 4) is 0 Å². The largest absolute Gasteiger partial charge is 0.397 e. The third-order valence-electron chi connectivity index (χ3n) is 11.7. The van der Waals surface area contributed by atoms with Crippen LogP contribution in [0.15, 0.2) is 107 Å². The van der Waals surface area contributed by atoms with Crippen LogP contribution >= 0.6 is 0 Å². The van der Waals surface area contributed by atoms with Crippen molar-refractivity contribution in [2.45, 2.75) is 106 Å². The first-order valence-corrected chi connectivity index (χ1v) is 23.4. The number of nitrogen functional groups attached to an aromatic ring is 1. The van der Waals surface area contributed by atoms with Crippen LogP contribution in [0, 0.1) is 11.8 Å². The summed E-state index contributed by atoms with van der Waals surface area (Å²) in [4.78, 5) is 5.30. The standard InChI is InChI=1S/C25H31F2N3O2S.C20H25F2N3O2S/c1-24(2,3)23-28-21-16-19(29(4)33(31,32)20-8-6-5-7-9-20)10-11-22(21)30(23)17-18-12-14-25(26,27)15-13-18;1-25(28(26,27)17-5-3-2-4-6-17)16-7-8-19(18(23)13-16)24-14-15-9-11-20(21,22)12-10-15/h5-11,16,18H,12-15,17H2,1-4H3;2-8,13,15,24H,9-12,14,23H2,1H3. The number of nitrogens with two attached hydrogens (primary N) is 1. The van der Waals surface area contributed by atoms with Crippen LogP contribution in [-0.4, -0.2) is 58.9 Å². The van der Waals surface area contributed by atoms with Crippen LogP contribution < -0.4 is 19.7 Å². The van der Waals surface area contributed by atoms with Crippen LogP contribution in [0.25, 0.3) is 11.0 Å². The zero-order valence-corrected chi connectivity index (χ0v) is 36.9. The number of imidazole rings is 1. The van der Waals surface area contributed by atoms with E-state index in [-0.39, 0.29) is 52.7 Å². The fourth-order valence-electron chi connectivity index (χ4n) is 7.86. The number of benzene rings is 4. The third-order valence-corrected chi connectivity index (χ3v) is 15.3. The molecule has 1 heterocycles. The van der Waals surface area contributed by atoms with Gasteiger partial charge in [-0.1, -0.05) is 57.2 Å². The second-order valence-electron chi connectivity index (χ2n) is 17.3. The molecule has 7 rings (SSSR count). The molecule has 16 heteroatoms. The van der Waals surface area contributed by atoms with Crippen molar-refractivity contribution in [2.24, 2.45) is 11.8 Å². The number of fused-ring (bicyclic) bond motifs is 1. The van der Waals surface area contributed by atoms with Crippen molar-refractivity contribution >= 4 is 53.8 Å². The van der Waals surface area contributed by atoms with E-state index < -0.39 is 31.9 Å². The SMILES string of the molecule is CN(c1ccc(NCC2CCC(F)(F)CC2)c(N)c1)S(=O)(=O)c1ccccc1.CN(c1ccc2c(c1)nc(C(C)(C)C)n2CC1CCC(F)(F)CC1)S(=O)(=O)c1ccccc1. The lowest BCUT2D eigenvalue weighted by Crippen LogP contribution is -2.28. The first kappa shape index (κ1) is 45.7. The molecule has 0 saturated heterocycles. The smallest absolute Gasteiger partial charge is 0.264 e. The van der Waals surface area contributed by atoms with Crippen molar-refractivity contribution in [3.05, 3.63) is 103 Å². The molecule has 2 saturated carbocycles. The molecule has 5 aromatic rings. The van der Waals surface area contributed by atoms with Crippen molar-refractivity contribution in [2.75, 3.05) is 40.3 Å². The molecule has 4 aromatic carbocycles. The highest BCUT2D eigenvalue weighted by Gasteiger charge is 2.37. The highest BCUT2D eigenvalue weighted by Crippen LogP contribution is 2.39. The predicted octanol–water partition coefficient (Wildman–Crippen LogP) is 10.3. The van der Waals surface area contributed by atoms with E-state index in [0.29, 0.717) is 67.0 Å². The summed E-state index contributed by atoms with van der Waals surface area (Å²) in [5, 5.41) is 3.21. The van der Waals surface area contributed by atoms with E-state index in [4.69, 9.17) is 10.7 Å². The molecule has 0 atom stereocenters. The number of aromatic nitrogens is 2. The summed E-state index contributed by atoms with van der Waals surface area (Å²) in [5.41, 5.74) is 9.50. The molecular weight excluding hydrogens is 829 g/mol. The van der Waals surface area contributed by atoms with E-state index in [9.17, 15) is 34.4 Å². The molecule has 10 nitrogen and oxygen atoms in total. The maximum Gasteiger partial charge on any atom is 0.264 e. The Morgan fingerprint density at radius 3 is 1.64 bits per heavy atom. The fourth-order valence-corrected chi connectivity index (χ4v) is 10.3. The number of rotatable bonds is 11. The Labute approximate surface area is 357 Å². The lowest BCUT2D eigenvalue weighted by atomic mass is 9.86. The lowest BCUT2D eigenvalue weighted by molar-refractivity contribution is -0.0474. The van der Waals surface area contributed by atoms with E-state index in [1.165, 1.54) is 22.7 Å². The summed E-state index contributed by atoms with van der Waals surface area (Å²) < 4.78 is 110. The van der Waals surface area contributed by atoms with Gasteiger partial charge in [-0.2, -0.15) is 0 Å². The molecule has 0 spiro atoms. The van der Waals surface area contributed by atoms with E-state index in [1.54, 1.807) is 91.0 Å². The highest BCUT2D eigenvalue weighted by atomic mass is 32.2. The summed E-state index contributed by atoms with van der Waals surface area (Å²) in [6.45, 7) is 7.43. The van der Waals surface area contributed by atoms with Crippen LogP contribution in [0.5, 0.6) is 0 Å². The van der Waals surface area contributed by atoms with E-state index in [2.05, 4.69) is 30.7 Å². The molecule has 0 radical (unpaired) electrons. The quantitative estimate of drug-likeness (QED) is 0.0998. The normalized spacial score (nSPS) is 17.3. The average Bonchev–Trinajstić information content (AvgIpc) is 3.60. The number of hydrogen-bond acceptors (Lipinski definition) is 7. The molecule has 0 amide bonds. The van der Waals surface area contributed by atoms with Gasteiger partial charge in [0.2, 0.25) is 11.8 Å². The van der Waals surface area contributed by atoms with Gasteiger partial charge in [0.05, 0.1) is 43.6 Å². The van der Waals surface area contributed by atoms with Crippen LogP contribution in [-0.2, 0) is 32.0 Å². The Hall–Kier alpha value is -4.83. The number of sulfonamides is 2. The van der Waals surface area contributed by atoms with E-state index in [1.807, 2.05) is 6.07 Å². The number of alkyl halides is 4. The molecule has 2 fully saturated rings. The number of anilines is 4. The number of nitrogens with one attached hydrogen (secondary N) is 1. The minimum absolute atomic E-state index is 0.0680. The Morgan fingerprint density at radius 1 is 0.705 bits per heavy atom. The van der Waals surface area contributed by atoms with Crippen molar-refractivity contribution in [3.63, 3.8) is 0 Å². The molecule has 0 unspecified atom stereocenters. The van der Waals surface area contributed by atoms with E-state index >= 15 is 0 Å². The summed E-state index contributed by atoms with van der Waals surface area (Å²) >= 11 is 0. The topological polar surface area (TPSA) is 131 Å². The molecule has 0 aliphatic heterocycles. The number of halogens is 4. The number of nitrogens with zero attached hydrogens (tertiary/aromatic N) is 4. The molecule has 330 valence electrons. The molecule has 2 aliphatic carbocycles. The van der Waals surface area contributed by atoms with Gasteiger partial charge in [-0.05, 0) is 98.2 Å². The monoisotopic (exact) mass is 884 g/mol. The van der Waals surface area contributed by atoms with Crippen LogP contribution in [0.3, 0.4) is 0 Å². The summed E-state index contributed by atoms with van der Waals surface area (Å²) in [5.74, 6) is -3.86. The van der Waals surface area contributed by atoms with Gasteiger partial charge in [0.1, 0.15) is 5.82 Å². The van der Waals surface area contributed by atoms with E-state index in [0.717, 1.165) is 11.3 Å². The maximum absolute atomic E-state index is 13.6.